The number of aromatic nitrogens is 1. The van der Waals surface area contributed by atoms with E-state index in [1.54, 1.807) is 11.5 Å². The molecule has 0 amide bonds. The van der Waals surface area contributed by atoms with Crippen LogP contribution in [-0.4, -0.2) is 29.3 Å². The Bertz CT molecular complexity index is 1310. The average Bonchev–Trinajstić information content (AvgIpc) is 3.10. The van der Waals surface area contributed by atoms with Crippen LogP contribution in [0.5, 0.6) is 0 Å². The van der Waals surface area contributed by atoms with Gasteiger partial charge in [-0.25, -0.2) is 9.36 Å². The molecular weight excluding hydrogens is 402 g/mol. The topological polar surface area (TPSA) is 57.5 Å². The van der Waals surface area contributed by atoms with Crippen LogP contribution in [0.15, 0.2) is 66.7 Å². The Morgan fingerprint density at radius 3 is 2.22 bits per heavy atom. The fourth-order valence-corrected chi connectivity index (χ4v) is 3.93. The van der Waals surface area contributed by atoms with Gasteiger partial charge in [0.15, 0.2) is 0 Å². The molecule has 0 aliphatic heterocycles. The number of esters is 1. The lowest BCUT2D eigenvalue weighted by molar-refractivity contribution is -0.141. The van der Waals surface area contributed by atoms with Gasteiger partial charge in [0.2, 0.25) is 0 Å². The van der Waals surface area contributed by atoms with E-state index in [-0.39, 0.29) is 5.97 Å². The summed E-state index contributed by atoms with van der Waals surface area (Å²) in [5.41, 5.74) is 3.77. The van der Waals surface area contributed by atoms with Crippen molar-refractivity contribution in [1.82, 2.24) is 4.57 Å². The third-order valence-electron chi connectivity index (χ3n) is 5.53. The molecule has 32 heavy (non-hydrogen) atoms. The number of nitrogens with zero attached hydrogens (tertiary/aromatic N) is 1. The fourth-order valence-electron chi connectivity index (χ4n) is 3.93. The molecule has 164 valence electrons. The van der Waals surface area contributed by atoms with Gasteiger partial charge in [-0.2, -0.15) is 0 Å². The smallest absolute Gasteiger partial charge is 0.419 e. The monoisotopic (exact) mass is 429 g/mol. The molecule has 1 unspecified atom stereocenters. The number of carbonyl (C=O) groups is 2. The molecule has 0 radical (unpaired) electrons. The molecule has 5 nitrogen and oxygen atoms in total. The first kappa shape index (κ1) is 21.6. The quantitative estimate of drug-likeness (QED) is 0.348. The van der Waals surface area contributed by atoms with Crippen molar-refractivity contribution in [3.63, 3.8) is 0 Å². The van der Waals surface area contributed by atoms with Gasteiger partial charge in [0.25, 0.3) is 0 Å². The Morgan fingerprint density at radius 1 is 0.844 bits per heavy atom. The number of methoxy groups -OCH3 is 1. The predicted molar refractivity (Wildman–Crippen MR) is 127 cm³/mol. The maximum Gasteiger partial charge on any atom is 0.419 e. The minimum absolute atomic E-state index is 0.323. The lowest BCUT2D eigenvalue weighted by Crippen LogP contribution is -2.27. The molecule has 0 N–H and O–H groups in total. The van der Waals surface area contributed by atoms with E-state index >= 15 is 0 Å². The Hall–Kier alpha value is -3.60. The standard InChI is InChI=1S/C27H27NO4/c1-17(25(29)31-5)19-11-13-21-22-15-20(18-9-7-6-8-10-18)12-14-23(22)28(24(21)16-19)26(30)32-27(2,3)4/h6-17H,1-5H3. The summed E-state index contributed by atoms with van der Waals surface area (Å²) < 4.78 is 12.2. The fraction of sp³-hybridized carbons (Fsp3) is 0.259. The zero-order valence-electron chi connectivity index (χ0n) is 19.0. The molecule has 1 heterocycles. The van der Waals surface area contributed by atoms with Crippen molar-refractivity contribution in [2.45, 2.75) is 39.2 Å². The predicted octanol–water partition coefficient (Wildman–Crippen LogP) is 6.52. The largest absolute Gasteiger partial charge is 0.469 e. The summed E-state index contributed by atoms with van der Waals surface area (Å²) in [6, 6.07) is 21.9. The van der Waals surface area contributed by atoms with Gasteiger partial charge >= 0.3 is 12.1 Å². The van der Waals surface area contributed by atoms with Crippen LogP contribution in [0, 0.1) is 0 Å². The maximum atomic E-state index is 13.2. The first-order chi connectivity index (χ1) is 15.2. The lowest BCUT2D eigenvalue weighted by atomic mass is 9.99. The van der Waals surface area contributed by atoms with E-state index < -0.39 is 17.6 Å². The molecular formula is C27H27NO4. The van der Waals surface area contributed by atoms with Crippen LogP contribution >= 0.6 is 0 Å². The summed E-state index contributed by atoms with van der Waals surface area (Å²) in [5, 5.41) is 1.87. The van der Waals surface area contributed by atoms with Gasteiger partial charge in [-0.05, 0) is 62.6 Å². The highest BCUT2D eigenvalue weighted by Crippen LogP contribution is 2.35. The minimum Gasteiger partial charge on any atom is -0.469 e. The Labute approximate surface area is 187 Å². The molecule has 0 bridgehead atoms. The van der Waals surface area contributed by atoms with Crippen molar-refractivity contribution in [3.05, 3.63) is 72.3 Å². The number of fused-ring (bicyclic) bond motifs is 3. The molecule has 1 aromatic heterocycles. The van der Waals surface area contributed by atoms with Crippen molar-refractivity contribution in [2.24, 2.45) is 0 Å². The van der Waals surface area contributed by atoms with E-state index in [4.69, 9.17) is 9.47 Å². The maximum absolute atomic E-state index is 13.2. The highest BCUT2D eigenvalue weighted by atomic mass is 16.6. The molecule has 1 atom stereocenters. The normalized spacial score (nSPS) is 12.7. The van der Waals surface area contributed by atoms with Crippen molar-refractivity contribution < 1.29 is 19.1 Å². The SMILES string of the molecule is COC(=O)C(C)c1ccc2c3cc(-c4ccccc4)ccc3n(C(=O)OC(C)(C)C)c2c1. The van der Waals surface area contributed by atoms with Crippen molar-refractivity contribution >= 4 is 33.9 Å². The van der Waals surface area contributed by atoms with Crippen molar-refractivity contribution in [2.75, 3.05) is 7.11 Å². The van der Waals surface area contributed by atoms with Crippen LogP contribution in [0.25, 0.3) is 32.9 Å². The summed E-state index contributed by atoms with van der Waals surface area (Å²) in [7, 11) is 1.38. The average molecular weight is 430 g/mol. The number of hydrogen-bond donors (Lipinski definition) is 0. The lowest BCUT2D eigenvalue weighted by Gasteiger charge is -2.20. The van der Waals surface area contributed by atoms with Gasteiger partial charge < -0.3 is 9.47 Å². The summed E-state index contributed by atoms with van der Waals surface area (Å²) in [5.74, 6) is -0.773. The highest BCUT2D eigenvalue weighted by Gasteiger charge is 2.24. The van der Waals surface area contributed by atoms with Crippen LogP contribution in [0.4, 0.5) is 4.79 Å². The Kier molecular flexibility index (Phi) is 5.51. The van der Waals surface area contributed by atoms with Gasteiger partial charge in [-0.3, -0.25) is 4.79 Å². The second kappa shape index (κ2) is 8.15. The number of hydrogen-bond acceptors (Lipinski definition) is 4. The second-order valence-electron chi connectivity index (χ2n) is 8.94. The number of benzene rings is 3. The molecule has 3 aromatic carbocycles. The van der Waals surface area contributed by atoms with E-state index in [1.165, 1.54) is 7.11 Å². The summed E-state index contributed by atoms with van der Waals surface area (Å²) in [6.45, 7) is 7.33. The van der Waals surface area contributed by atoms with Gasteiger partial charge in [0.05, 0.1) is 24.1 Å². The third kappa shape index (κ3) is 3.98. The van der Waals surface area contributed by atoms with E-state index in [0.717, 1.165) is 33.0 Å². The first-order valence-corrected chi connectivity index (χ1v) is 10.6. The van der Waals surface area contributed by atoms with Crippen LogP contribution in [0.2, 0.25) is 0 Å². The van der Waals surface area contributed by atoms with E-state index in [2.05, 4.69) is 18.2 Å². The molecule has 0 aliphatic carbocycles. The van der Waals surface area contributed by atoms with E-state index in [0.29, 0.717) is 5.52 Å². The highest BCUT2D eigenvalue weighted by molar-refractivity contribution is 6.13. The molecule has 5 heteroatoms. The van der Waals surface area contributed by atoms with Crippen LogP contribution in [-0.2, 0) is 14.3 Å². The summed E-state index contributed by atoms with van der Waals surface area (Å²) >= 11 is 0. The van der Waals surface area contributed by atoms with Crippen LogP contribution in [0.1, 0.15) is 39.2 Å². The molecule has 4 rings (SSSR count). The second-order valence-corrected chi connectivity index (χ2v) is 8.94. The van der Waals surface area contributed by atoms with Crippen LogP contribution in [0.3, 0.4) is 0 Å². The van der Waals surface area contributed by atoms with E-state index in [1.807, 2.05) is 69.3 Å². The number of carbonyl (C=O) groups excluding carboxylic acids is 2. The first-order valence-electron chi connectivity index (χ1n) is 10.6. The molecule has 0 saturated carbocycles. The van der Waals surface area contributed by atoms with Gasteiger partial charge in [0.1, 0.15) is 5.60 Å². The number of ether oxygens (including phenoxy) is 2. The minimum atomic E-state index is -0.638. The van der Waals surface area contributed by atoms with Gasteiger partial charge in [-0.15, -0.1) is 0 Å². The van der Waals surface area contributed by atoms with Gasteiger partial charge in [-0.1, -0.05) is 48.5 Å². The van der Waals surface area contributed by atoms with E-state index in [9.17, 15) is 9.59 Å². The molecule has 0 aliphatic rings. The summed E-state index contributed by atoms with van der Waals surface area (Å²) in [4.78, 5) is 25.3. The van der Waals surface area contributed by atoms with Crippen LogP contribution < -0.4 is 0 Å². The number of rotatable bonds is 3. The third-order valence-corrected chi connectivity index (χ3v) is 5.53. The molecule has 0 spiro atoms. The zero-order chi connectivity index (χ0) is 23.0. The Morgan fingerprint density at radius 2 is 1.56 bits per heavy atom. The summed E-state index contributed by atoms with van der Waals surface area (Å²) in [6.07, 6.45) is -0.451. The Balaban J connectivity index is 1.97. The molecule has 0 saturated heterocycles. The van der Waals surface area contributed by atoms with Crippen molar-refractivity contribution in [3.8, 4) is 11.1 Å². The molecule has 4 aromatic rings. The van der Waals surface area contributed by atoms with Gasteiger partial charge in [0, 0.05) is 10.8 Å². The zero-order valence-corrected chi connectivity index (χ0v) is 19.0. The molecule has 0 fully saturated rings. The van der Waals surface area contributed by atoms with Crippen molar-refractivity contribution in [1.29, 1.82) is 0 Å².